The molecule has 0 N–H and O–H groups in total. The topological polar surface area (TPSA) is 26.3 Å². The zero-order valence-corrected chi connectivity index (χ0v) is 9.26. The molecular formula is C11H13ClO2. The molecule has 0 radical (unpaired) electrons. The SMILES string of the molecule is COC(=O)C(C)c1ccc(C)cc1Cl. The van der Waals surface area contributed by atoms with E-state index in [1.807, 2.05) is 25.1 Å². The van der Waals surface area contributed by atoms with Crippen LogP contribution in [0, 0.1) is 6.92 Å². The molecule has 1 unspecified atom stereocenters. The molecule has 3 heteroatoms. The lowest BCUT2D eigenvalue weighted by molar-refractivity contribution is -0.141. The first-order valence-electron chi connectivity index (χ1n) is 4.40. The molecule has 0 amide bonds. The largest absolute Gasteiger partial charge is 0.469 e. The van der Waals surface area contributed by atoms with Crippen LogP contribution in [0.4, 0.5) is 0 Å². The lowest BCUT2D eigenvalue weighted by Gasteiger charge is -2.11. The van der Waals surface area contributed by atoms with Crippen molar-refractivity contribution in [2.45, 2.75) is 19.8 Å². The van der Waals surface area contributed by atoms with Gasteiger partial charge in [-0.25, -0.2) is 0 Å². The predicted octanol–water partition coefficient (Wildman–Crippen LogP) is 2.92. The first-order valence-corrected chi connectivity index (χ1v) is 4.78. The van der Waals surface area contributed by atoms with Gasteiger partial charge in [0.05, 0.1) is 13.0 Å². The minimum atomic E-state index is -0.312. The summed E-state index contributed by atoms with van der Waals surface area (Å²) in [5.41, 5.74) is 1.89. The van der Waals surface area contributed by atoms with Gasteiger partial charge in [-0.15, -0.1) is 0 Å². The van der Waals surface area contributed by atoms with Crippen molar-refractivity contribution in [2.75, 3.05) is 7.11 Å². The Kier molecular flexibility index (Phi) is 3.53. The predicted molar refractivity (Wildman–Crippen MR) is 56.6 cm³/mol. The number of rotatable bonds is 2. The number of halogens is 1. The van der Waals surface area contributed by atoms with Crippen molar-refractivity contribution >= 4 is 17.6 Å². The Bertz CT molecular complexity index is 347. The highest BCUT2D eigenvalue weighted by Gasteiger charge is 2.17. The third-order valence-corrected chi connectivity index (χ3v) is 2.50. The fraction of sp³-hybridized carbons (Fsp3) is 0.364. The second-order valence-corrected chi connectivity index (χ2v) is 3.68. The summed E-state index contributed by atoms with van der Waals surface area (Å²) < 4.78 is 4.65. The molecule has 0 fully saturated rings. The smallest absolute Gasteiger partial charge is 0.312 e. The number of methoxy groups -OCH3 is 1. The molecule has 0 aliphatic carbocycles. The lowest BCUT2D eigenvalue weighted by atomic mass is 10.0. The zero-order valence-electron chi connectivity index (χ0n) is 8.50. The van der Waals surface area contributed by atoms with E-state index in [1.54, 1.807) is 6.92 Å². The van der Waals surface area contributed by atoms with Crippen LogP contribution in [0.5, 0.6) is 0 Å². The van der Waals surface area contributed by atoms with Gasteiger partial charge in [0.15, 0.2) is 0 Å². The third kappa shape index (κ3) is 2.26. The molecule has 0 aliphatic rings. The number of carbonyl (C=O) groups is 1. The molecule has 0 aromatic heterocycles. The molecule has 76 valence electrons. The summed E-state index contributed by atoms with van der Waals surface area (Å²) in [5, 5.41) is 0.614. The first kappa shape index (κ1) is 11.1. The van der Waals surface area contributed by atoms with Gasteiger partial charge in [-0.3, -0.25) is 4.79 Å². The van der Waals surface area contributed by atoms with Gasteiger partial charge in [-0.1, -0.05) is 23.7 Å². The van der Waals surface area contributed by atoms with Gasteiger partial charge < -0.3 is 4.74 Å². The summed E-state index contributed by atoms with van der Waals surface area (Å²) in [6.45, 7) is 3.74. The summed E-state index contributed by atoms with van der Waals surface area (Å²) in [4.78, 5) is 11.3. The van der Waals surface area contributed by atoms with Crippen LogP contribution in [-0.4, -0.2) is 13.1 Å². The number of benzene rings is 1. The van der Waals surface area contributed by atoms with Crippen LogP contribution in [-0.2, 0) is 9.53 Å². The lowest BCUT2D eigenvalue weighted by Crippen LogP contribution is -2.11. The first-order chi connectivity index (χ1) is 6.56. The molecule has 14 heavy (non-hydrogen) atoms. The Balaban J connectivity index is 3.01. The van der Waals surface area contributed by atoms with Crippen molar-refractivity contribution in [1.29, 1.82) is 0 Å². The van der Waals surface area contributed by atoms with Crippen molar-refractivity contribution in [3.05, 3.63) is 34.3 Å². The number of aryl methyl sites for hydroxylation is 1. The number of carbonyl (C=O) groups excluding carboxylic acids is 1. The summed E-state index contributed by atoms with van der Waals surface area (Å²) in [7, 11) is 1.38. The van der Waals surface area contributed by atoms with E-state index in [0.717, 1.165) is 11.1 Å². The molecule has 1 rings (SSSR count). The molecule has 1 aromatic rings. The third-order valence-electron chi connectivity index (χ3n) is 2.18. The second kappa shape index (κ2) is 4.47. The highest BCUT2D eigenvalue weighted by Crippen LogP contribution is 2.26. The van der Waals surface area contributed by atoms with Gasteiger partial charge in [0.1, 0.15) is 0 Å². The van der Waals surface area contributed by atoms with Gasteiger partial charge >= 0.3 is 5.97 Å². The van der Waals surface area contributed by atoms with Crippen molar-refractivity contribution in [2.24, 2.45) is 0 Å². The van der Waals surface area contributed by atoms with Crippen LogP contribution in [0.1, 0.15) is 24.0 Å². The Morgan fingerprint density at radius 2 is 2.14 bits per heavy atom. The van der Waals surface area contributed by atoms with Crippen LogP contribution >= 0.6 is 11.6 Å². The van der Waals surface area contributed by atoms with Crippen LogP contribution < -0.4 is 0 Å². The maximum Gasteiger partial charge on any atom is 0.312 e. The van der Waals surface area contributed by atoms with E-state index in [9.17, 15) is 4.79 Å². The maximum atomic E-state index is 11.3. The Labute approximate surface area is 88.8 Å². The van der Waals surface area contributed by atoms with Crippen molar-refractivity contribution in [3.8, 4) is 0 Å². The fourth-order valence-electron chi connectivity index (χ4n) is 1.29. The molecule has 0 saturated carbocycles. The monoisotopic (exact) mass is 212 g/mol. The Morgan fingerprint density at radius 1 is 1.50 bits per heavy atom. The highest BCUT2D eigenvalue weighted by atomic mass is 35.5. The number of esters is 1. The average molecular weight is 213 g/mol. The van der Waals surface area contributed by atoms with Gasteiger partial charge in [-0.2, -0.15) is 0 Å². The molecule has 2 nitrogen and oxygen atoms in total. The van der Waals surface area contributed by atoms with E-state index < -0.39 is 0 Å². The van der Waals surface area contributed by atoms with Gasteiger partial charge in [-0.05, 0) is 31.0 Å². The summed E-state index contributed by atoms with van der Waals surface area (Å²) in [5.74, 6) is -0.580. The van der Waals surface area contributed by atoms with Gasteiger partial charge in [0.2, 0.25) is 0 Å². The van der Waals surface area contributed by atoms with Crippen LogP contribution in [0.2, 0.25) is 5.02 Å². The zero-order chi connectivity index (χ0) is 10.7. The highest BCUT2D eigenvalue weighted by molar-refractivity contribution is 6.31. The molecule has 0 spiro atoms. The molecule has 1 atom stereocenters. The molecular weight excluding hydrogens is 200 g/mol. The summed E-state index contributed by atoms with van der Waals surface area (Å²) in [6, 6.07) is 5.64. The number of hydrogen-bond acceptors (Lipinski definition) is 2. The van der Waals surface area contributed by atoms with Gasteiger partial charge in [0, 0.05) is 5.02 Å². The van der Waals surface area contributed by atoms with Crippen molar-refractivity contribution in [3.63, 3.8) is 0 Å². The normalized spacial score (nSPS) is 12.3. The van der Waals surface area contributed by atoms with Crippen molar-refractivity contribution < 1.29 is 9.53 Å². The van der Waals surface area contributed by atoms with E-state index in [1.165, 1.54) is 7.11 Å². The van der Waals surface area contributed by atoms with E-state index >= 15 is 0 Å². The Hall–Kier alpha value is -1.02. The minimum absolute atomic E-state index is 0.268. The quantitative estimate of drug-likeness (QED) is 0.705. The average Bonchev–Trinajstić information content (AvgIpc) is 2.15. The molecule has 0 bridgehead atoms. The standard InChI is InChI=1S/C11H13ClO2/c1-7-4-5-9(10(12)6-7)8(2)11(13)14-3/h4-6,8H,1-3H3. The van der Waals surface area contributed by atoms with E-state index in [4.69, 9.17) is 11.6 Å². The summed E-state index contributed by atoms with van der Waals surface area (Å²) >= 11 is 6.02. The van der Waals surface area contributed by atoms with Crippen LogP contribution in [0.25, 0.3) is 0 Å². The summed E-state index contributed by atoms with van der Waals surface area (Å²) in [6.07, 6.45) is 0. The van der Waals surface area contributed by atoms with Crippen LogP contribution in [0.15, 0.2) is 18.2 Å². The second-order valence-electron chi connectivity index (χ2n) is 3.27. The Morgan fingerprint density at radius 3 is 2.64 bits per heavy atom. The van der Waals surface area contributed by atoms with E-state index in [0.29, 0.717) is 5.02 Å². The maximum absolute atomic E-state index is 11.3. The van der Waals surface area contributed by atoms with E-state index in [2.05, 4.69) is 4.74 Å². The van der Waals surface area contributed by atoms with E-state index in [-0.39, 0.29) is 11.9 Å². The number of hydrogen-bond donors (Lipinski definition) is 0. The fourth-order valence-corrected chi connectivity index (χ4v) is 1.69. The minimum Gasteiger partial charge on any atom is -0.469 e. The molecule has 1 aromatic carbocycles. The van der Waals surface area contributed by atoms with Crippen LogP contribution in [0.3, 0.4) is 0 Å². The molecule has 0 saturated heterocycles. The van der Waals surface area contributed by atoms with Gasteiger partial charge in [0.25, 0.3) is 0 Å². The number of ether oxygens (including phenoxy) is 1. The molecule has 0 aliphatic heterocycles. The molecule has 0 heterocycles. The van der Waals surface area contributed by atoms with Crippen molar-refractivity contribution in [1.82, 2.24) is 0 Å².